The van der Waals surface area contributed by atoms with E-state index in [0.717, 1.165) is 5.56 Å². The number of ether oxygens (including phenoxy) is 1. The Morgan fingerprint density at radius 3 is 2.92 bits per heavy atom. The number of nitrogen functional groups attached to an aromatic ring is 1. The van der Waals surface area contributed by atoms with Gasteiger partial charge >= 0.3 is 6.16 Å². The molecule has 0 saturated carbocycles. The van der Waals surface area contributed by atoms with Crippen molar-refractivity contribution in [2.45, 2.75) is 6.61 Å². The van der Waals surface area contributed by atoms with E-state index in [4.69, 9.17) is 10.8 Å². The molecule has 12 heavy (non-hydrogen) atoms. The van der Waals surface area contributed by atoms with Crippen molar-refractivity contribution >= 4 is 11.8 Å². The molecular formula is C8H9NO3. The van der Waals surface area contributed by atoms with E-state index < -0.39 is 6.16 Å². The number of hydrogen-bond donors (Lipinski definition) is 2. The topological polar surface area (TPSA) is 72.5 Å². The first-order chi connectivity index (χ1) is 5.68. The summed E-state index contributed by atoms with van der Waals surface area (Å²) in [5, 5.41) is 8.19. The summed E-state index contributed by atoms with van der Waals surface area (Å²) in [6.07, 6.45) is -1.28. The average molecular weight is 167 g/mol. The minimum atomic E-state index is -1.28. The molecule has 0 saturated heterocycles. The monoisotopic (exact) mass is 167 g/mol. The zero-order valence-electron chi connectivity index (χ0n) is 6.36. The molecule has 0 aliphatic rings. The fraction of sp³-hybridized carbons (Fsp3) is 0.125. The largest absolute Gasteiger partial charge is 0.506 e. The van der Waals surface area contributed by atoms with Crippen LogP contribution in [0.15, 0.2) is 24.3 Å². The van der Waals surface area contributed by atoms with Crippen molar-refractivity contribution < 1.29 is 14.6 Å². The first-order valence-corrected chi connectivity index (χ1v) is 3.38. The highest BCUT2D eigenvalue weighted by atomic mass is 16.7. The maximum absolute atomic E-state index is 10.0. The summed E-state index contributed by atoms with van der Waals surface area (Å²) in [5.74, 6) is 0. The summed E-state index contributed by atoms with van der Waals surface area (Å²) in [6, 6.07) is 6.89. The minimum Gasteiger partial charge on any atom is -0.450 e. The highest BCUT2D eigenvalue weighted by Gasteiger charge is 1.97. The van der Waals surface area contributed by atoms with Crippen LogP contribution in [0.1, 0.15) is 5.56 Å². The normalized spacial score (nSPS) is 9.33. The van der Waals surface area contributed by atoms with Gasteiger partial charge in [-0.2, -0.15) is 0 Å². The summed E-state index contributed by atoms with van der Waals surface area (Å²) < 4.78 is 4.34. The number of hydrogen-bond acceptors (Lipinski definition) is 3. The molecule has 0 amide bonds. The maximum Gasteiger partial charge on any atom is 0.506 e. The molecule has 4 nitrogen and oxygen atoms in total. The number of rotatable bonds is 2. The van der Waals surface area contributed by atoms with Crippen LogP contribution in [-0.2, 0) is 11.3 Å². The van der Waals surface area contributed by atoms with Crippen LogP contribution in [0.5, 0.6) is 0 Å². The fourth-order valence-corrected chi connectivity index (χ4v) is 0.828. The Morgan fingerprint density at radius 1 is 1.58 bits per heavy atom. The third-order valence-electron chi connectivity index (χ3n) is 1.31. The van der Waals surface area contributed by atoms with Crippen LogP contribution in [0, 0.1) is 0 Å². The Balaban J connectivity index is 2.57. The summed E-state index contributed by atoms with van der Waals surface area (Å²) in [6.45, 7) is 0.0420. The van der Waals surface area contributed by atoms with E-state index in [1.54, 1.807) is 24.3 Å². The van der Waals surface area contributed by atoms with Crippen LogP contribution < -0.4 is 5.73 Å². The van der Waals surface area contributed by atoms with Gasteiger partial charge in [-0.3, -0.25) is 0 Å². The first-order valence-electron chi connectivity index (χ1n) is 3.38. The Morgan fingerprint density at radius 2 is 2.33 bits per heavy atom. The third kappa shape index (κ3) is 2.49. The van der Waals surface area contributed by atoms with Gasteiger partial charge in [0.25, 0.3) is 0 Å². The molecule has 0 fully saturated rings. The van der Waals surface area contributed by atoms with Crippen molar-refractivity contribution in [3.05, 3.63) is 29.8 Å². The van der Waals surface area contributed by atoms with Gasteiger partial charge in [0.05, 0.1) is 0 Å². The van der Waals surface area contributed by atoms with Crippen LogP contribution in [0.3, 0.4) is 0 Å². The number of carbonyl (C=O) groups is 1. The van der Waals surface area contributed by atoms with Crippen molar-refractivity contribution in [2.24, 2.45) is 0 Å². The Hall–Kier alpha value is -1.71. The van der Waals surface area contributed by atoms with Crippen molar-refractivity contribution in [1.82, 2.24) is 0 Å². The summed E-state index contributed by atoms with van der Waals surface area (Å²) >= 11 is 0. The van der Waals surface area contributed by atoms with Crippen molar-refractivity contribution in [1.29, 1.82) is 0 Å². The van der Waals surface area contributed by atoms with Crippen molar-refractivity contribution in [3.8, 4) is 0 Å². The smallest absolute Gasteiger partial charge is 0.450 e. The molecule has 3 N–H and O–H groups in total. The van der Waals surface area contributed by atoms with E-state index in [-0.39, 0.29) is 6.61 Å². The zero-order chi connectivity index (χ0) is 8.97. The zero-order valence-corrected chi connectivity index (χ0v) is 6.36. The van der Waals surface area contributed by atoms with E-state index in [2.05, 4.69) is 4.74 Å². The molecule has 1 rings (SSSR count). The van der Waals surface area contributed by atoms with Crippen LogP contribution in [-0.4, -0.2) is 11.3 Å². The van der Waals surface area contributed by atoms with Gasteiger partial charge in [-0.05, 0) is 17.7 Å². The molecule has 0 aliphatic heterocycles. The number of nitrogens with two attached hydrogens (primary N) is 1. The molecular weight excluding hydrogens is 158 g/mol. The second-order valence-corrected chi connectivity index (χ2v) is 2.30. The van der Waals surface area contributed by atoms with Gasteiger partial charge in [0.1, 0.15) is 6.61 Å². The Labute approximate surface area is 69.6 Å². The van der Waals surface area contributed by atoms with Gasteiger partial charge in [-0.25, -0.2) is 4.79 Å². The molecule has 0 atom stereocenters. The lowest BCUT2D eigenvalue weighted by atomic mass is 10.2. The molecule has 0 radical (unpaired) electrons. The quantitative estimate of drug-likeness (QED) is 0.516. The van der Waals surface area contributed by atoms with Gasteiger partial charge in [-0.15, -0.1) is 0 Å². The number of carboxylic acid groups (broad SMARTS) is 1. The molecule has 0 aliphatic carbocycles. The molecule has 0 heterocycles. The molecule has 1 aromatic carbocycles. The second-order valence-electron chi connectivity index (χ2n) is 2.30. The third-order valence-corrected chi connectivity index (χ3v) is 1.31. The Bertz CT molecular complexity index is 285. The van der Waals surface area contributed by atoms with Crippen LogP contribution in [0.2, 0.25) is 0 Å². The summed E-state index contributed by atoms with van der Waals surface area (Å²) in [7, 11) is 0. The van der Waals surface area contributed by atoms with Crippen LogP contribution in [0.25, 0.3) is 0 Å². The van der Waals surface area contributed by atoms with Crippen molar-refractivity contribution in [2.75, 3.05) is 5.73 Å². The van der Waals surface area contributed by atoms with Gasteiger partial charge < -0.3 is 15.6 Å². The molecule has 0 spiro atoms. The summed E-state index contributed by atoms with van der Waals surface area (Å²) in [5.41, 5.74) is 6.81. The Kier molecular flexibility index (Phi) is 2.53. The molecule has 0 aromatic heterocycles. The average Bonchev–Trinajstić information content (AvgIpc) is 2.01. The summed E-state index contributed by atoms with van der Waals surface area (Å²) in [4.78, 5) is 10.0. The van der Waals surface area contributed by atoms with E-state index >= 15 is 0 Å². The van der Waals surface area contributed by atoms with Crippen LogP contribution in [0.4, 0.5) is 10.5 Å². The SMILES string of the molecule is Nc1cccc(COC(=O)O)c1. The van der Waals surface area contributed by atoms with E-state index in [1.165, 1.54) is 0 Å². The molecule has 1 aromatic rings. The van der Waals surface area contributed by atoms with Gasteiger partial charge in [0.15, 0.2) is 0 Å². The lowest BCUT2D eigenvalue weighted by Gasteiger charge is -2.00. The van der Waals surface area contributed by atoms with Crippen molar-refractivity contribution in [3.63, 3.8) is 0 Å². The van der Waals surface area contributed by atoms with Gasteiger partial charge in [0, 0.05) is 5.69 Å². The fourth-order valence-electron chi connectivity index (χ4n) is 0.828. The lowest BCUT2D eigenvalue weighted by Crippen LogP contribution is -2.00. The number of anilines is 1. The predicted molar refractivity (Wildman–Crippen MR) is 43.7 cm³/mol. The second kappa shape index (κ2) is 3.61. The van der Waals surface area contributed by atoms with Gasteiger partial charge in [0.2, 0.25) is 0 Å². The lowest BCUT2D eigenvalue weighted by molar-refractivity contribution is 0.0854. The van der Waals surface area contributed by atoms with Gasteiger partial charge in [-0.1, -0.05) is 12.1 Å². The minimum absolute atomic E-state index is 0.0420. The first kappa shape index (κ1) is 8.39. The number of benzene rings is 1. The standard InChI is InChI=1S/C8H9NO3/c9-7-3-1-2-6(4-7)5-12-8(10)11/h1-4H,5,9H2,(H,10,11). The van der Waals surface area contributed by atoms with E-state index in [0.29, 0.717) is 5.69 Å². The van der Waals surface area contributed by atoms with E-state index in [1.807, 2.05) is 0 Å². The molecule has 0 unspecified atom stereocenters. The molecule has 0 bridgehead atoms. The highest BCUT2D eigenvalue weighted by molar-refractivity contribution is 5.57. The predicted octanol–water partition coefficient (Wildman–Crippen LogP) is 1.46. The van der Waals surface area contributed by atoms with Crippen LogP contribution >= 0.6 is 0 Å². The highest BCUT2D eigenvalue weighted by Crippen LogP contribution is 2.07. The maximum atomic E-state index is 10.0. The van der Waals surface area contributed by atoms with E-state index in [9.17, 15) is 4.79 Å². The molecule has 64 valence electrons. The molecule has 4 heteroatoms.